The van der Waals surface area contributed by atoms with Crippen molar-refractivity contribution < 1.29 is 9.90 Å². The van der Waals surface area contributed by atoms with Gasteiger partial charge in [0.25, 0.3) is 0 Å². The maximum atomic E-state index is 9.60. The molecular formula is C8H15NO2. The molecule has 0 heterocycles. The zero-order valence-electron chi connectivity index (χ0n) is 7.22. The summed E-state index contributed by atoms with van der Waals surface area (Å²) in [6.07, 6.45) is 1.86. The van der Waals surface area contributed by atoms with Crippen molar-refractivity contribution in [1.82, 2.24) is 0 Å². The highest BCUT2D eigenvalue weighted by atomic mass is 16.4. The third kappa shape index (κ3) is 17.7. The van der Waals surface area contributed by atoms with Crippen molar-refractivity contribution in [2.24, 2.45) is 5.73 Å². The molecule has 3 N–H and O–H groups in total. The van der Waals surface area contributed by atoms with Crippen LogP contribution in [0.5, 0.6) is 0 Å². The topological polar surface area (TPSA) is 63.3 Å². The van der Waals surface area contributed by atoms with Crippen molar-refractivity contribution in [1.29, 1.82) is 0 Å². The fourth-order valence-corrected chi connectivity index (χ4v) is 0. The average Bonchev–Trinajstić information content (AvgIpc) is 1.89. The van der Waals surface area contributed by atoms with Crippen LogP contribution >= 0.6 is 0 Å². The second kappa shape index (κ2) is 6.86. The zero-order chi connectivity index (χ0) is 9.44. The number of carboxylic acids is 1. The summed E-state index contributed by atoms with van der Waals surface area (Å²) in [4.78, 5) is 9.60. The highest BCUT2D eigenvalue weighted by Gasteiger charge is 1.90. The number of carboxylic acid groups (broad SMARTS) is 1. The van der Waals surface area contributed by atoms with Gasteiger partial charge in [0.15, 0.2) is 0 Å². The summed E-state index contributed by atoms with van der Waals surface area (Å²) in [5, 5.41) is 7.89. The molecule has 0 radical (unpaired) electrons. The van der Waals surface area contributed by atoms with E-state index in [4.69, 9.17) is 10.8 Å². The predicted molar refractivity (Wildman–Crippen MR) is 46.1 cm³/mol. The predicted octanol–water partition coefficient (Wildman–Crippen LogP) is 1.52. The van der Waals surface area contributed by atoms with Crippen LogP contribution in [-0.4, -0.2) is 11.1 Å². The minimum Gasteiger partial charge on any atom is -0.478 e. The molecule has 0 aliphatic rings. The van der Waals surface area contributed by atoms with E-state index in [-0.39, 0.29) is 5.57 Å². The molecule has 0 spiro atoms. The number of carbonyl (C=O) groups is 1. The number of aliphatic carboxylic acids is 1. The Morgan fingerprint density at radius 2 is 1.73 bits per heavy atom. The monoisotopic (exact) mass is 157 g/mol. The smallest absolute Gasteiger partial charge is 0.330 e. The van der Waals surface area contributed by atoms with Crippen molar-refractivity contribution >= 4 is 5.97 Å². The van der Waals surface area contributed by atoms with Gasteiger partial charge in [-0.25, -0.2) is 4.79 Å². The van der Waals surface area contributed by atoms with Gasteiger partial charge in [-0.05, 0) is 20.8 Å². The molecule has 0 atom stereocenters. The Morgan fingerprint density at radius 3 is 1.73 bits per heavy atom. The minimum atomic E-state index is -0.935. The lowest BCUT2D eigenvalue weighted by atomic mass is 10.4. The summed E-state index contributed by atoms with van der Waals surface area (Å²) >= 11 is 0. The molecule has 0 bridgehead atoms. The number of allylic oxidation sites excluding steroid dienone is 2. The molecular weight excluding hydrogens is 142 g/mol. The number of nitrogens with two attached hydrogens (primary N) is 1. The molecule has 0 unspecified atom stereocenters. The van der Waals surface area contributed by atoms with E-state index in [1.165, 1.54) is 6.92 Å². The molecule has 64 valence electrons. The zero-order valence-corrected chi connectivity index (χ0v) is 7.22. The molecule has 0 aromatic heterocycles. The molecule has 0 aliphatic carbocycles. The highest BCUT2D eigenvalue weighted by molar-refractivity contribution is 5.84. The average molecular weight is 157 g/mol. The Kier molecular flexibility index (Phi) is 7.76. The van der Waals surface area contributed by atoms with Gasteiger partial charge in [0.2, 0.25) is 0 Å². The van der Waals surface area contributed by atoms with Crippen LogP contribution in [-0.2, 0) is 4.79 Å². The normalized spacial score (nSPS) is 9.55. The Bertz CT molecular complexity index is 155. The van der Waals surface area contributed by atoms with Crippen molar-refractivity contribution in [2.45, 2.75) is 20.8 Å². The molecule has 0 saturated heterocycles. The van der Waals surface area contributed by atoms with Crippen LogP contribution in [0.4, 0.5) is 0 Å². The molecule has 3 heteroatoms. The molecule has 0 aromatic carbocycles. The maximum Gasteiger partial charge on any atom is 0.330 e. The van der Waals surface area contributed by atoms with Crippen molar-refractivity contribution in [2.75, 3.05) is 0 Å². The lowest BCUT2D eigenvalue weighted by Gasteiger charge is -1.79. The number of hydrogen-bond acceptors (Lipinski definition) is 2. The molecule has 0 rings (SSSR count). The van der Waals surface area contributed by atoms with Crippen molar-refractivity contribution in [3.8, 4) is 0 Å². The van der Waals surface area contributed by atoms with Crippen LogP contribution in [0.15, 0.2) is 23.9 Å². The van der Waals surface area contributed by atoms with Crippen LogP contribution in [0.25, 0.3) is 0 Å². The van der Waals surface area contributed by atoms with Gasteiger partial charge in [-0.3, -0.25) is 0 Å². The molecule has 0 fully saturated rings. The first kappa shape index (κ1) is 12.4. The van der Waals surface area contributed by atoms with Crippen LogP contribution in [0.3, 0.4) is 0 Å². The van der Waals surface area contributed by atoms with Gasteiger partial charge in [-0.1, -0.05) is 12.7 Å². The fraction of sp³-hybridized carbons (Fsp3) is 0.375. The summed E-state index contributed by atoms with van der Waals surface area (Å²) in [6.45, 7) is 8.38. The van der Waals surface area contributed by atoms with E-state index in [2.05, 4.69) is 6.58 Å². The highest BCUT2D eigenvalue weighted by Crippen LogP contribution is 1.81. The second-order valence-corrected chi connectivity index (χ2v) is 2.12. The lowest BCUT2D eigenvalue weighted by molar-refractivity contribution is -0.132. The molecule has 0 saturated carbocycles. The first-order chi connectivity index (χ1) is 4.91. The van der Waals surface area contributed by atoms with Gasteiger partial charge in [0.05, 0.1) is 0 Å². The van der Waals surface area contributed by atoms with Gasteiger partial charge in [-0.2, -0.15) is 0 Å². The van der Waals surface area contributed by atoms with Crippen LogP contribution in [0.1, 0.15) is 20.8 Å². The van der Waals surface area contributed by atoms with E-state index in [1.54, 1.807) is 0 Å². The Morgan fingerprint density at radius 1 is 1.55 bits per heavy atom. The van der Waals surface area contributed by atoms with Gasteiger partial charge in [0.1, 0.15) is 0 Å². The quantitative estimate of drug-likeness (QED) is 0.567. The van der Waals surface area contributed by atoms with E-state index in [9.17, 15) is 4.79 Å². The van der Waals surface area contributed by atoms with Crippen LogP contribution in [0, 0.1) is 0 Å². The van der Waals surface area contributed by atoms with Crippen LogP contribution < -0.4 is 5.73 Å². The Hall–Kier alpha value is -1.25. The van der Waals surface area contributed by atoms with Crippen LogP contribution in [0.2, 0.25) is 0 Å². The first-order valence-corrected chi connectivity index (χ1v) is 3.19. The van der Waals surface area contributed by atoms with Gasteiger partial charge in [0, 0.05) is 11.3 Å². The summed E-state index contributed by atoms with van der Waals surface area (Å²) in [6, 6.07) is 0. The molecule has 0 aliphatic heterocycles. The van der Waals surface area contributed by atoms with Gasteiger partial charge < -0.3 is 10.8 Å². The third-order valence-corrected chi connectivity index (χ3v) is 0.820. The summed E-state index contributed by atoms with van der Waals surface area (Å²) in [5.41, 5.74) is 6.21. The second-order valence-electron chi connectivity index (χ2n) is 2.12. The Labute approximate surface area is 67.2 Å². The number of rotatable bonds is 1. The Balaban J connectivity index is 0. The van der Waals surface area contributed by atoms with E-state index in [0.29, 0.717) is 0 Å². The van der Waals surface area contributed by atoms with E-state index >= 15 is 0 Å². The third-order valence-electron chi connectivity index (χ3n) is 0.820. The largest absolute Gasteiger partial charge is 0.478 e. The minimum absolute atomic E-state index is 0.176. The van der Waals surface area contributed by atoms with Crippen molar-refractivity contribution in [3.63, 3.8) is 0 Å². The SMILES string of the molecule is C=C(C)C(=O)O.CC=C(C)N. The first-order valence-electron chi connectivity index (χ1n) is 3.19. The molecule has 3 nitrogen and oxygen atoms in total. The summed E-state index contributed by atoms with van der Waals surface area (Å²) < 4.78 is 0. The summed E-state index contributed by atoms with van der Waals surface area (Å²) in [7, 11) is 0. The van der Waals surface area contributed by atoms with Gasteiger partial charge in [-0.15, -0.1) is 0 Å². The van der Waals surface area contributed by atoms with E-state index in [0.717, 1.165) is 5.70 Å². The molecule has 11 heavy (non-hydrogen) atoms. The molecule has 0 aromatic rings. The van der Waals surface area contributed by atoms with Gasteiger partial charge >= 0.3 is 5.97 Å². The van der Waals surface area contributed by atoms with E-state index < -0.39 is 5.97 Å². The maximum absolute atomic E-state index is 9.60. The van der Waals surface area contributed by atoms with E-state index in [1.807, 2.05) is 19.9 Å². The fourth-order valence-electron chi connectivity index (χ4n) is 0. The summed E-state index contributed by atoms with van der Waals surface area (Å²) in [5.74, 6) is -0.935. The number of hydrogen-bond donors (Lipinski definition) is 2. The molecule has 0 amide bonds. The standard InChI is InChI=1S/C4H9N.C4H6O2/c1-3-4(2)5;1-3(2)4(5)6/h3H,5H2,1-2H3;1H2,2H3,(H,5,6). The van der Waals surface area contributed by atoms with Crippen molar-refractivity contribution in [3.05, 3.63) is 23.9 Å². The lowest BCUT2D eigenvalue weighted by Crippen LogP contribution is -1.92.